The maximum atomic E-state index is 12.5. The molecule has 0 radical (unpaired) electrons. The van der Waals surface area contributed by atoms with Gasteiger partial charge in [-0.05, 0) is 38.3 Å². The molecular formula is C14H18N2O3. The number of carboxylic acids is 1. The second-order valence-corrected chi connectivity index (χ2v) is 5.87. The molecule has 5 heteroatoms. The van der Waals surface area contributed by atoms with Crippen LogP contribution in [0.2, 0.25) is 0 Å². The van der Waals surface area contributed by atoms with E-state index in [0.717, 1.165) is 12.8 Å². The van der Waals surface area contributed by atoms with E-state index in [9.17, 15) is 14.7 Å². The van der Waals surface area contributed by atoms with Gasteiger partial charge >= 0.3 is 5.97 Å². The van der Waals surface area contributed by atoms with Crippen molar-refractivity contribution in [3.8, 4) is 0 Å². The number of aromatic nitrogens is 1. The van der Waals surface area contributed by atoms with Crippen LogP contribution in [0.15, 0.2) is 18.3 Å². The molecule has 1 aromatic rings. The van der Waals surface area contributed by atoms with Gasteiger partial charge in [0.15, 0.2) is 0 Å². The van der Waals surface area contributed by atoms with E-state index in [1.807, 2.05) is 22.9 Å². The molecule has 1 atom stereocenters. The number of amides is 1. The fourth-order valence-electron chi connectivity index (χ4n) is 2.72. The van der Waals surface area contributed by atoms with E-state index in [2.05, 4.69) is 0 Å². The number of likely N-dealkylation sites (tertiary alicyclic amines) is 1. The first kappa shape index (κ1) is 12.3. The summed E-state index contributed by atoms with van der Waals surface area (Å²) in [6.45, 7) is 2.54. The Hall–Kier alpha value is -1.78. The average Bonchev–Trinajstić information content (AvgIpc) is 2.96. The van der Waals surface area contributed by atoms with Crippen molar-refractivity contribution in [2.75, 3.05) is 13.1 Å². The van der Waals surface area contributed by atoms with Crippen molar-refractivity contribution in [1.29, 1.82) is 0 Å². The summed E-state index contributed by atoms with van der Waals surface area (Å²) in [5, 5.41) is 9.21. The number of carbonyl (C=O) groups is 2. The van der Waals surface area contributed by atoms with Crippen molar-refractivity contribution in [1.82, 2.24) is 9.47 Å². The summed E-state index contributed by atoms with van der Waals surface area (Å²) in [5.74, 6) is -0.859. The molecule has 2 heterocycles. The molecule has 1 saturated carbocycles. The van der Waals surface area contributed by atoms with E-state index < -0.39 is 11.4 Å². The van der Waals surface area contributed by atoms with Gasteiger partial charge in [0.2, 0.25) is 0 Å². The number of carbonyl (C=O) groups excluding carboxylic acids is 1. The van der Waals surface area contributed by atoms with Crippen LogP contribution in [0.1, 0.15) is 42.7 Å². The fourth-order valence-corrected chi connectivity index (χ4v) is 2.72. The lowest BCUT2D eigenvalue weighted by Gasteiger charge is -2.20. The maximum Gasteiger partial charge on any atom is 0.311 e. The Balaban J connectivity index is 1.78. The third kappa shape index (κ3) is 2.03. The Bertz CT molecular complexity index is 533. The van der Waals surface area contributed by atoms with E-state index >= 15 is 0 Å². The molecule has 1 aromatic heterocycles. The zero-order valence-electron chi connectivity index (χ0n) is 11.0. The minimum Gasteiger partial charge on any atom is -0.481 e. The number of carboxylic acid groups (broad SMARTS) is 1. The summed E-state index contributed by atoms with van der Waals surface area (Å²) in [7, 11) is 0. The molecule has 102 valence electrons. The Labute approximate surface area is 111 Å². The molecule has 0 aromatic carbocycles. The zero-order valence-corrected chi connectivity index (χ0v) is 11.0. The monoisotopic (exact) mass is 262 g/mol. The predicted molar refractivity (Wildman–Crippen MR) is 69.0 cm³/mol. The van der Waals surface area contributed by atoms with Gasteiger partial charge in [-0.1, -0.05) is 0 Å². The molecule has 5 nitrogen and oxygen atoms in total. The van der Waals surface area contributed by atoms with Crippen LogP contribution in [-0.4, -0.2) is 39.5 Å². The largest absolute Gasteiger partial charge is 0.481 e. The first-order valence-electron chi connectivity index (χ1n) is 6.71. The lowest BCUT2D eigenvalue weighted by Crippen LogP contribution is -2.35. The molecule has 0 spiro atoms. The standard InChI is InChI=1S/C14H18N2O3/c1-14(13(18)19)6-8-15(9-14)12(17)11-3-2-7-16(11)10-4-5-10/h2-3,7,10H,4-6,8-9H2,1H3,(H,18,19). The maximum absolute atomic E-state index is 12.5. The summed E-state index contributed by atoms with van der Waals surface area (Å²) in [4.78, 5) is 25.4. The van der Waals surface area contributed by atoms with Crippen molar-refractivity contribution in [3.63, 3.8) is 0 Å². The molecule has 1 unspecified atom stereocenters. The molecule has 2 aliphatic rings. The Morgan fingerprint density at radius 2 is 2.16 bits per heavy atom. The molecule has 1 aliphatic heterocycles. The van der Waals surface area contributed by atoms with E-state index in [1.165, 1.54) is 0 Å². The van der Waals surface area contributed by atoms with Gasteiger partial charge in [0.25, 0.3) is 5.91 Å². The van der Waals surface area contributed by atoms with Gasteiger partial charge in [0.05, 0.1) is 5.41 Å². The van der Waals surface area contributed by atoms with Crippen LogP contribution in [0.4, 0.5) is 0 Å². The summed E-state index contributed by atoms with van der Waals surface area (Å²) >= 11 is 0. The highest BCUT2D eigenvalue weighted by molar-refractivity contribution is 5.93. The number of hydrogen-bond donors (Lipinski definition) is 1. The quantitative estimate of drug-likeness (QED) is 0.902. The highest BCUT2D eigenvalue weighted by atomic mass is 16.4. The predicted octanol–water partition coefficient (Wildman–Crippen LogP) is 1.76. The number of aliphatic carboxylic acids is 1. The summed E-state index contributed by atoms with van der Waals surface area (Å²) < 4.78 is 2.03. The first-order valence-corrected chi connectivity index (χ1v) is 6.71. The SMILES string of the molecule is CC1(C(=O)O)CCN(C(=O)c2cccn2C2CC2)C1. The molecule has 19 heavy (non-hydrogen) atoms. The summed E-state index contributed by atoms with van der Waals surface area (Å²) in [6.07, 6.45) is 4.72. The van der Waals surface area contributed by atoms with Crippen molar-refractivity contribution >= 4 is 11.9 Å². The van der Waals surface area contributed by atoms with Crippen molar-refractivity contribution < 1.29 is 14.7 Å². The molecule has 2 fully saturated rings. The number of rotatable bonds is 3. The zero-order chi connectivity index (χ0) is 13.6. The van der Waals surface area contributed by atoms with E-state index in [0.29, 0.717) is 31.2 Å². The summed E-state index contributed by atoms with van der Waals surface area (Å²) in [6, 6.07) is 4.18. The fraction of sp³-hybridized carbons (Fsp3) is 0.571. The Morgan fingerprint density at radius 1 is 1.42 bits per heavy atom. The Morgan fingerprint density at radius 3 is 2.74 bits per heavy atom. The molecule has 1 aliphatic carbocycles. The topological polar surface area (TPSA) is 62.5 Å². The minimum absolute atomic E-state index is 0.0399. The van der Waals surface area contributed by atoms with E-state index in [-0.39, 0.29) is 5.91 Å². The van der Waals surface area contributed by atoms with Crippen LogP contribution < -0.4 is 0 Å². The number of hydrogen-bond acceptors (Lipinski definition) is 2. The van der Waals surface area contributed by atoms with Crippen LogP contribution in [-0.2, 0) is 4.79 Å². The second kappa shape index (κ2) is 4.11. The van der Waals surface area contributed by atoms with Crippen LogP contribution >= 0.6 is 0 Å². The highest BCUT2D eigenvalue weighted by Gasteiger charge is 2.43. The lowest BCUT2D eigenvalue weighted by atomic mass is 9.90. The molecule has 1 saturated heterocycles. The van der Waals surface area contributed by atoms with E-state index in [4.69, 9.17) is 0 Å². The van der Waals surface area contributed by atoms with Crippen molar-refractivity contribution in [2.45, 2.75) is 32.2 Å². The summed E-state index contributed by atoms with van der Waals surface area (Å²) in [5.41, 5.74) is -0.107. The smallest absolute Gasteiger partial charge is 0.311 e. The molecule has 3 rings (SSSR count). The number of nitrogens with zero attached hydrogens (tertiary/aromatic N) is 2. The van der Waals surface area contributed by atoms with Gasteiger partial charge in [0.1, 0.15) is 5.69 Å². The lowest BCUT2D eigenvalue weighted by molar-refractivity contribution is -0.147. The van der Waals surface area contributed by atoms with Crippen LogP contribution in [0.5, 0.6) is 0 Å². The molecule has 1 N–H and O–H groups in total. The molecular weight excluding hydrogens is 244 g/mol. The molecule has 1 amide bonds. The van der Waals surface area contributed by atoms with Gasteiger partial charge in [-0.3, -0.25) is 9.59 Å². The van der Waals surface area contributed by atoms with Gasteiger partial charge < -0.3 is 14.6 Å². The second-order valence-electron chi connectivity index (χ2n) is 5.87. The van der Waals surface area contributed by atoms with Gasteiger partial charge in [0, 0.05) is 25.3 Å². The average molecular weight is 262 g/mol. The normalized spacial score (nSPS) is 26.7. The van der Waals surface area contributed by atoms with Crippen LogP contribution in [0.25, 0.3) is 0 Å². The highest BCUT2D eigenvalue weighted by Crippen LogP contribution is 2.37. The third-order valence-electron chi connectivity index (χ3n) is 4.22. The Kier molecular flexibility index (Phi) is 2.66. The van der Waals surface area contributed by atoms with Gasteiger partial charge in [-0.2, -0.15) is 0 Å². The van der Waals surface area contributed by atoms with Gasteiger partial charge in [-0.15, -0.1) is 0 Å². The first-order chi connectivity index (χ1) is 9.01. The van der Waals surface area contributed by atoms with Crippen molar-refractivity contribution in [2.24, 2.45) is 5.41 Å². The van der Waals surface area contributed by atoms with Crippen molar-refractivity contribution in [3.05, 3.63) is 24.0 Å². The molecule has 0 bridgehead atoms. The minimum atomic E-state index is -0.819. The van der Waals surface area contributed by atoms with E-state index in [1.54, 1.807) is 11.8 Å². The van der Waals surface area contributed by atoms with Gasteiger partial charge in [-0.25, -0.2) is 0 Å². The van der Waals surface area contributed by atoms with Crippen LogP contribution in [0, 0.1) is 5.41 Å². The van der Waals surface area contributed by atoms with Crippen LogP contribution in [0.3, 0.4) is 0 Å². The third-order valence-corrected chi connectivity index (χ3v) is 4.22.